The molecule has 0 rings (SSSR count). The Morgan fingerprint density at radius 1 is 0.800 bits per heavy atom. The third-order valence-corrected chi connectivity index (χ3v) is 3.94. The van der Waals surface area contributed by atoms with Gasteiger partial charge in [-0.2, -0.15) is 0 Å². The highest BCUT2D eigenvalue weighted by atomic mass is 16.5. The van der Waals surface area contributed by atoms with Gasteiger partial charge < -0.3 is 40.5 Å². The highest BCUT2D eigenvalue weighted by Crippen LogP contribution is 2.12. The number of aliphatic hydroxyl groups is 7. The van der Waals surface area contributed by atoms with Crippen molar-refractivity contribution in [1.82, 2.24) is 0 Å². The monoisotopic (exact) mass is 368 g/mol. The highest BCUT2D eigenvalue weighted by Gasteiger charge is 2.39. The van der Waals surface area contributed by atoms with Gasteiger partial charge in [-0.25, -0.2) is 4.79 Å². The fourth-order valence-electron chi connectivity index (χ4n) is 2.21. The van der Waals surface area contributed by atoms with Crippen molar-refractivity contribution >= 4 is 5.97 Å². The second-order valence-electron chi connectivity index (χ2n) is 6.09. The summed E-state index contributed by atoms with van der Waals surface area (Å²) in [6.45, 7) is 1.27. The Bertz CT molecular complexity index is 352. The van der Waals surface area contributed by atoms with Crippen molar-refractivity contribution in [3.8, 4) is 0 Å². The molecule has 0 spiro atoms. The summed E-state index contributed by atoms with van der Waals surface area (Å²) >= 11 is 0. The van der Waals surface area contributed by atoms with Gasteiger partial charge in [-0.05, 0) is 6.42 Å². The van der Waals surface area contributed by atoms with Gasteiger partial charge in [0.1, 0.15) is 30.5 Å². The van der Waals surface area contributed by atoms with Crippen molar-refractivity contribution in [3.05, 3.63) is 0 Å². The molecule has 9 heteroatoms. The van der Waals surface area contributed by atoms with E-state index >= 15 is 0 Å². The Labute approximate surface area is 147 Å². The maximum Gasteiger partial charge on any atom is 0.337 e. The largest absolute Gasteiger partial charge is 0.464 e. The summed E-state index contributed by atoms with van der Waals surface area (Å²) in [4.78, 5) is 11.6. The van der Waals surface area contributed by atoms with Gasteiger partial charge in [0.15, 0.2) is 6.10 Å². The normalized spacial score (nSPS) is 18.9. The number of esters is 1. The molecule has 0 aliphatic heterocycles. The van der Waals surface area contributed by atoms with E-state index in [-0.39, 0.29) is 6.61 Å². The van der Waals surface area contributed by atoms with Crippen LogP contribution >= 0.6 is 0 Å². The fourth-order valence-corrected chi connectivity index (χ4v) is 2.21. The van der Waals surface area contributed by atoms with Crippen LogP contribution in [0.1, 0.15) is 45.4 Å². The van der Waals surface area contributed by atoms with E-state index < -0.39 is 49.2 Å². The number of unbranched alkanes of at least 4 members (excludes halogenated alkanes) is 5. The van der Waals surface area contributed by atoms with E-state index in [1.165, 1.54) is 0 Å². The number of ether oxygens (including phenoxy) is 1. The lowest BCUT2D eigenvalue weighted by molar-refractivity contribution is -0.179. The molecule has 0 saturated heterocycles. The summed E-state index contributed by atoms with van der Waals surface area (Å²) in [5.74, 6) is -1.16. The average Bonchev–Trinajstić information content (AvgIpc) is 2.63. The van der Waals surface area contributed by atoms with Crippen molar-refractivity contribution in [2.45, 2.75) is 82.1 Å². The zero-order valence-corrected chi connectivity index (χ0v) is 14.6. The van der Waals surface area contributed by atoms with E-state index in [0.717, 1.165) is 32.1 Å². The van der Waals surface area contributed by atoms with Crippen LogP contribution in [0, 0.1) is 0 Å². The molecule has 0 aromatic carbocycles. The van der Waals surface area contributed by atoms with Crippen LogP contribution in [0.4, 0.5) is 0 Å². The van der Waals surface area contributed by atoms with Crippen molar-refractivity contribution in [3.63, 3.8) is 0 Å². The molecular formula is C16H32O9. The first-order valence-electron chi connectivity index (χ1n) is 8.63. The van der Waals surface area contributed by atoms with E-state index in [1.807, 2.05) is 0 Å². The second-order valence-corrected chi connectivity index (χ2v) is 6.09. The van der Waals surface area contributed by atoms with Gasteiger partial charge in [0, 0.05) is 0 Å². The molecule has 0 aliphatic carbocycles. The zero-order valence-electron chi connectivity index (χ0n) is 14.6. The summed E-state index contributed by atoms with van der Waals surface area (Å²) < 4.78 is 4.80. The number of rotatable bonds is 14. The third-order valence-electron chi connectivity index (χ3n) is 3.94. The molecule has 0 aromatic rings. The Morgan fingerprint density at radius 2 is 1.32 bits per heavy atom. The first-order chi connectivity index (χ1) is 11.8. The lowest BCUT2D eigenvalue weighted by Gasteiger charge is -2.29. The first-order valence-corrected chi connectivity index (χ1v) is 8.63. The summed E-state index contributed by atoms with van der Waals surface area (Å²) in [6, 6.07) is 0. The first kappa shape index (κ1) is 24.2. The van der Waals surface area contributed by atoms with Gasteiger partial charge in [-0.3, -0.25) is 0 Å². The predicted octanol–water partition coefficient (Wildman–Crippen LogP) is -1.95. The molecule has 0 fully saturated rings. The van der Waals surface area contributed by atoms with Crippen molar-refractivity contribution < 1.29 is 45.3 Å². The smallest absolute Gasteiger partial charge is 0.337 e. The number of hydrogen-bond donors (Lipinski definition) is 7. The maximum atomic E-state index is 11.6. The predicted molar refractivity (Wildman–Crippen MR) is 87.5 cm³/mol. The third kappa shape index (κ3) is 8.91. The van der Waals surface area contributed by atoms with Crippen LogP contribution in [0.15, 0.2) is 0 Å². The molecule has 0 saturated carbocycles. The number of aliphatic hydroxyl groups excluding tert-OH is 7. The Kier molecular flexibility index (Phi) is 13.0. The lowest BCUT2D eigenvalue weighted by Crippen LogP contribution is -2.54. The van der Waals surface area contributed by atoms with Gasteiger partial charge >= 0.3 is 5.97 Å². The zero-order chi connectivity index (χ0) is 19.4. The molecule has 150 valence electrons. The second kappa shape index (κ2) is 13.4. The van der Waals surface area contributed by atoms with Gasteiger partial charge in [0.05, 0.1) is 13.2 Å². The highest BCUT2D eigenvalue weighted by molar-refractivity contribution is 5.75. The van der Waals surface area contributed by atoms with Gasteiger partial charge in [-0.1, -0.05) is 39.0 Å². The van der Waals surface area contributed by atoms with Crippen LogP contribution in [0.5, 0.6) is 0 Å². The summed E-state index contributed by atoms with van der Waals surface area (Å²) in [7, 11) is 0. The van der Waals surface area contributed by atoms with E-state index in [1.54, 1.807) is 0 Å². The van der Waals surface area contributed by atoms with Crippen LogP contribution in [-0.2, 0) is 9.53 Å². The van der Waals surface area contributed by atoms with Gasteiger partial charge in [0.25, 0.3) is 0 Å². The van der Waals surface area contributed by atoms with Crippen molar-refractivity contribution in [2.24, 2.45) is 0 Å². The molecule has 0 heterocycles. The molecular weight excluding hydrogens is 336 g/mol. The van der Waals surface area contributed by atoms with Crippen LogP contribution < -0.4 is 0 Å². The number of hydrogen-bond acceptors (Lipinski definition) is 9. The number of carbonyl (C=O) groups excluding carboxylic acids is 1. The lowest BCUT2D eigenvalue weighted by atomic mass is 9.96. The maximum absolute atomic E-state index is 11.6. The van der Waals surface area contributed by atoms with Gasteiger partial charge in [0.2, 0.25) is 0 Å². The Morgan fingerprint density at radius 3 is 1.88 bits per heavy atom. The minimum absolute atomic E-state index is 0.0548. The van der Waals surface area contributed by atoms with Crippen LogP contribution in [0.25, 0.3) is 0 Å². The molecule has 0 aliphatic rings. The van der Waals surface area contributed by atoms with E-state index in [0.29, 0.717) is 6.42 Å². The van der Waals surface area contributed by atoms with Crippen LogP contribution in [0.3, 0.4) is 0 Å². The molecule has 7 N–H and O–H groups in total. The van der Waals surface area contributed by atoms with Crippen LogP contribution in [-0.4, -0.2) is 91.6 Å². The van der Waals surface area contributed by atoms with E-state index in [9.17, 15) is 35.4 Å². The molecule has 0 radical (unpaired) electrons. The molecule has 6 unspecified atom stereocenters. The fraction of sp³-hybridized carbons (Fsp3) is 0.938. The topological polar surface area (TPSA) is 168 Å². The quantitative estimate of drug-likeness (QED) is 0.136. The molecule has 9 nitrogen and oxygen atoms in total. The molecule has 0 aromatic heterocycles. The van der Waals surface area contributed by atoms with Gasteiger partial charge in [-0.15, -0.1) is 0 Å². The van der Waals surface area contributed by atoms with E-state index in [4.69, 9.17) is 9.84 Å². The van der Waals surface area contributed by atoms with E-state index in [2.05, 4.69) is 6.92 Å². The summed E-state index contributed by atoms with van der Waals surface area (Å²) in [6.07, 6.45) is -6.37. The SMILES string of the molecule is CCCCCCCCOC(=O)C(O)C(O)C(O)C(O)C(O)C(O)CO. The minimum Gasteiger partial charge on any atom is -0.464 e. The van der Waals surface area contributed by atoms with Crippen LogP contribution in [0.2, 0.25) is 0 Å². The standard InChI is InChI=1S/C16H32O9/c1-2-3-4-5-6-7-8-25-16(24)15(23)14(22)13(21)12(20)11(19)10(18)9-17/h10-15,17-23H,2-9H2,1H3. The minimum atomic E-state index is -2.13. The molecule has 0 amide bonds. The Balaban J connectivity index is 4.24. The average molecular weight is 368 g/mol. The summed E-state index contributed by atoms with van der Waals surface area (Å²) in [5, 5.41) is 66.0. The van der Waals surface area contributed by atoms with Crippen molar-refractivity contribution in [1.29, 1.82) is 0 Å². The molecule has 6 atom stereocenters. The van der Waals surface area contributed by atoms with Crippen molar-refractivity contribution in [2.75, 3.05) is 13.2 Å². The number of carbonyl (C=O) groups is 1. The Hall–Kier alpha value is -0.810. The molecule has 0 bridgehead atoms. The molecule has 25 heavy (non-hydrogen) atoms. The summed E-state index contributed by atoms with van der Waals surface area (Å²) in [5.41, 5.74) is 0.